The molecule has 1 fully saturated rings. The highest BCUT2D eigenvalue weighted by Gasteiger charge is 2.34. The van der Waals surface area contributed by atoms with Gasteiger partial charge in [-0.3, -0.25) is 0 Å². The van der Waals surface area contributed by atoms with Gasteiger partial charge in [-0.2, -0.15) is 0 Å². The molecular formula is C14H23NOS. The van der Waals surface area contributed by atoms with Crippen LogP contribution in [-0.4, -0.2) is 19.3 Å². The molecule has 0 aromatic carbocycles. The highest BCUT2D eigenvalue weighted by Crippen LogP contribution is 2.37. The zero-order chi connectivity index (χ0) is 12.3. The third kappa shape index (κ3) is 2.90. The van der Waals surface area contributed by atoms with Crippen molar-refractivity contribution in [2.45, 2.75) is 45.8 Å². The predicted molar refractivity (Wildman–Crippen MR) is 73.6 cm³/mol. The first kappa shape index (κ1) is 13.1. The number of thiophene rings is 1. The Morgan fingerprint density at radius 2 is 2.29 bits per heavy atom. The number of hydrogen-bond donors (Lipinski definition) is 1. The Balaban J connectivity index is 2.16. The van der Waals surface area contributed by atoms with Crippen LogP contribution in [0.2, 0.25) is 0 Å². The fraction of sp³-hybridized carbons (Fsp3) is 0.714. The van der Waals surface area contributed by atoms with Gasteiger partial charge in [-0.15, -0.1) is 11.3 Å². The SMILES string of the molecule is CCNC(c1ccc(C)s1)C1CCOC1CC. The van der Waals surface area contributed by atoms with Crippen LogP contribution < -0.4 is 5.32 Å². The summed E-state index contributed by atoms with van der Waals surface area (Å²) in [5.74, 6) is 0.637. The molecule has 1 aromatic rings. The minimum absolute atomic E-state index is 0.432. The largest absolute Gasteiger partial charge is 0.378 e. The molecule has 3 unspecified atom stereocenters. The fourth-order valence-corrected chi connectivity index (χ4v) is 3.80. The molecule has 0 radical (unpaired) electrons. The van der Waals surface area contributed by atoms with Crippen LogP contribution in [0.1, 0.15) is 42.5 Å². The van der Waals surface area contributed by atoms with E-state index in [2.05, 4.69) is 38.2 Å². The van der Waals surface area contributed by atoms with Crippen LogP contribution in [0.4, 0.5) is 0 Å². The van der Waals surface area contributed by atoms with Crippen molar-refractivity contribution >= 4 is 11.3 Å². The third-order valence-electron chi connectivity index (χ3n) is 3.58. The second-order valence-corrected chi connectivity index (χ2v) is 6.07. The van der Waals surface area contributed by atoms with Gasteiger partial charge in [0.2, 0.25) is 0 Å². The summed E-state index contributed by atoms with van der Waals surface area (Å²) < 4.78 is 5.83. The van der Waals surface area contributed by atoms with Gasteiger partial charge in [0.25, 0.3) is 0 Å². The molecule has 1 aliphatic heterocycles. The van der Waals surface area contributed by atoms with Crippen LogP contribution in [0.5, 0.6) is 0 Å². The van der Waals surface area contributed by atoms with E-state index in [1.165, 1.54) is 16.2 Å². The molecule has 0 spiro atoms. The van der Waals surface area contributed by atoms with Gasteiger partial charge in [0.1, 0.15) is 0 Å². The molecule has 1 N–H and O–H groups in total. The predicted octanol–water partition coefficient (Wildman–Crippen LogP) is 3.52. The Hall–Kier alpha value is -0.380. The van der Waals surface area contributed by atoms with E-state index in [4.69, 9.17) is 4.74 Å². The summed E-state index contributed by atoms with van der Waals surface area (Å²) >= 11 is 1.92. The third-order valence-corrected chi connectivity index (χ3v) is 4.67. The second-order valence-electron chi connectivity index (χ2n) is 4.75. The Bertz CT molecular complexity index is 350. The molecule has 96 valence electrons. The van der Waals surface area contributed by atoms with Gasteiger partial charge >= 0.3 is 0 Å². The maximum atomic E-state index is 5.83. The van der Waals surface area contributed by atoms with Crippen molar-refractivity contribution in [1.82, 2.24) is 5.32 Å². The summed E-state index contributed by atoms with van der Waals surface area (Å²) in [6.45, 7) is 8.54. The molecule has 0 bridgehead atoms. The summed E-state index contributed by atoms with van der Waals surface area (Å²) in [6, 6.07) is 4.98. The molecule has 2 nitrogen and oxygen atoms in total. The van der Waals surface area contributed by atoms with E-state index < -0.39 is 0 Å². The molecule has 1 aromatic heterocycles. The van der Waals surface area contributed by atoms with Crippen molar-refractivity contribution in [3.63, 3.8) is 0 Å². The normalized spacial score (nSPS) is 26.3. The van der Waals surface area contributed by atoms with Crippen LogP contribution >= 0.6 is 11.3 Å². The standard InChI is InChI=1S/C14H23NOS/c1-4-12-11(8-9-16-12)14(15-5-2)13-7-6-10(3)17-13/h6-7,11-12,14-15H,4-5,8-9H2,1-3H3. The van der Waals surface area contributed by atoms with Crippen LogP contribution in [0, 0.1) is 12.8 Å². The molecule has 2 heterocycles. The van der Waals surface area contributed by atoms with E-state index in [0.717, 1.165) is 19.6 Å². The van der Waals surface area contributed by atoms with Crippen molar-refractivity contribution < 1.29 is 4.74 Å². The minimum atomic E-state index is 0.432. The lowest BCUT2D eigenvalue weighted by atomic mass is 9.90. The maximum absolute atomic E-state index is 5.83. The quantitative estimate of drug-likeness (QED) is 0.867. The lowest BCUT2D eigenvalue weighted by Crippen LogP contribution is -2.32. The lowest BCUT2D eigenvalue weighted by molar-refractivity contribution is 0.0779. The number of nitrogens with one attached hydrogen (secondary N) is 1. The van der Waals surface area contributed by atoms with Crippen molar-refractivity contribution in [3.05, 3.63) is 21.9 Å². The first-order valence-electron chi connectivity index (χ1n) is 6.67. The second kappa shape index (κ2) is 5.98. The molecule has 1 aliphatic rings. The Labute approximate surface area is 108 Å². The van der Waals surface area contributed by atoms with E-state index in [9.17, 15) is 0 Å². The van der Waals surface area contributed by atoms with E-state index in [1.54, 1.807) is 0 Å². The Morgan fingerprint density at radius 3 is 2.88 bits per heavy atom. The molecule has 3 atom stereocenters. The number of aryl methyl sites for hydroxylation is 1. The summed E-state index contributed by atoms with van der Waals surface area (Å²) in [6.07, 6.45) is 2.74. The van der Waals surface area contributed by atoms with Crippen LogP contribution in [0.25, 0.3) is 0 Å². The van der Waals surface area contributed by atoms with Crippen molar-refractivity contribution in [3.8, 4) is 0 Å². The minimum Gasteiger partial charge on any atom is -0.378 e. The van der Waals surface area contributed by atoms with Gasteiger partial charge in [-0.25, -0.2) is 0 Å². The van der Waals surface area contributed by atoms with Crippen molar-refractivity contribution in [2.24, 2.45) is 5.92 Å². The van der Waals surface area contributed by atoms with Crippen LogP contribution in [-0.2, 0) is 4.74 Å². The number of ether oxygens (including phenoxy) is 1. The highest BCUT2D eigenvalue weighted by molar-refractivity contribution is 7.12. The van der Waals surface area contributed by atoms with Crippen molar-refractivity contribution in [1.29, 1.82) is 0 Å². The van der Waals surface area contributed by atoms with E-state index in [1.807, 2.05) is 11.3 Å². The van der Waals surface area contributed by atoms with E-state index in [0.29, 0.717) is 18.1 Å². The van der Waals surface area contributed by atoms with E-state index in [-0.39, 0.29) is 0 Å². The first-order valence-corrected chi connectivity index (χ1v) is 7.49. The molecule has 0 aliphatic carbocycles. The van der Waals surface area contributed by atoms with Gasteiger partial charge in [0.05, 0.1) is 6.10 Å². The summed E-state index contributed by atoms with van der Waals surface area (Å²) in [7, 11) is 0. The monoisotopic (exact) mass is 253 g/mol. The average molecular weight is 253 g/mol. The molecule has 2 rings (SSSR count). The molecule has 17 heavy (non-hydrogen) atoms. The average Bonchev–Trinajstić information content (AvgIpc) is 2.94. The van der Waals surface area contributed by atoms with Gasteiger partial charge in [-0.05, 0) is 38.4 Å². The summed E-state index contributed by atoms with van der Waals surface area (Å²) in [5, 5.41) is 3.65. The highest BCUT2D eigenvalue weighted by atomic mass is 32.1. The van der Waals surface area contributed by atoms with Crippen LogP contribution in [0.15, 0.2) is 12.1 Å². The molecule has 0 amide bonds. The van der Waals surface area contributed by atoms with Crippen molar-refractivity contribution in [2.75, 3.05) is 13.2 Å². The first-order chi connectivity index (χ1) is 8.26. The summed E-state index contributed by atoms with van der Waals surface area (Å²) in [4.78, 5) is 2.87. The summed E-state index contributed by atoms with van der Waals surface area (Å²) in [5.41, 5.74) is 0. The maximum Gasteiger partial charge on any atom is 0.0620 e. The lowest BCUT2D eigenvalue weighted by Gasteiger charge is -2.27. The van der Waals surface area contributed by atoms with Gasteiger partial charge in [0, 0.05) is 28.3 Å². The molecule has 1 saturated heterocycles. The van der Waals surface area contributed by atoms with Gasteiger partial charge in [-0.1, -0.05) is 13.8 Å². The zero-order valence-corrected chi connectivity index (χ0v) is 11.8. The molecular weight excluding hydrogens is 230 g/mol. The smallest absolute Gasteiger partial charge is 0.0620 e. The van der Waals surface area contributed by atoms with Gasteiger partial charge in [0.15, 0.2) is 0 Å². The number of rotatable bonds is 5. The topological polar surface area (TPSA) is 21.3 Å². The number of hydrogen-bond acceptors (Lipinski definition) is 3. The Kier molecular flexibility index (Phi) is 4.60. The zero-order valence-electron chi connectivity index (χ0n) is 11.0. The molecule has 0 saturated carbocycles. The van der Waals surface area contributed by atoms with Gasteiger partial charge < -0.3 is 10.1 Å². The van der Waals surface area contributed by atoms with E-state index >= 15 is 0 Å². The molecule has 3 heteroatoms. The fourth-order valence-electron chi connectivity index (χ4n) is 2.77. The van der Waals surface area contributed by atoms with Crippen LogP contribution in [0.3, 0.4) is 0 Å². The Morgan fingerprint density at radius 1 is 1.47 bits per heavy atom.